The summed E-state index contributed by atoms with van der Waals surface area (Å²) in [6.45, 7) is 0.966. The molecule has 0 saturated carbocycles. The molecule has 1 rings (SSSR count). The van der Waals surface area contributed by atoms with Crippen LogP contribution < -0.4 is 10.6 Å². The SMILES string of the molecule is CNCC(=O)NCc1ccn(C)c1. The van der Waals surface area contributed by atoms with Gasteiger partial charge in [0, 0.05) is 26.0 Å². The fourth-order valence-corrected chi connectivity index (χ4v) is 1.09. The number of hydrogen-bond donors (Lipinski definition) is 2. The molecule has 0 aliphatic rings. The maximum Gasteiger partial charge on any atom is 0.234 e. The minimum Gasteiger partial charge on any atom is -0.357 e. The van der Waals surface area contributed by atoms with Crippen molar-refractivity contribution in [1.29, 1.82) is 0 Å². The van der Waals surface area contributed by atoms with Gasteiger partial charge in [-0.1, -0.05) is 0 Å². The molecule has 0 aliphatic heterocycles. The first kappa shape index (κ1) is 9.80. The number of aryl methyl sites for hydroxylation is 1. The van der Waals surface area contributed by atoms with Crippen LogP contribution in [0.4, 0.5) is 0 Å². The summed E-state index contributed by atoms with van der Waals surface area (Å²) in [6.07, 6.45) is 3.94. The minimum absolute atomic E-state index is 0.0198. The van der Waals surface area contributed by atoms with Gasteiger partial charge in [0.25, 0.3) is 0 Å². The molecule has 0 spiro atoms. The highest BCUT2D eigenvalue weighted by Gasteiger charge is 1.99. The van der Waals surface area contributed by atoms with E-state index < -0.39 is 0 Å². The summed E-state index contributed by atoms with van der Waals surface area (Å²) < 4.78 is 1.96. The zero-order chi connectivity index (χ0) is 9.68. The highest BCUT2D eigenvalue weighted by Crippen LogP contribution is 1.97. The number of aromatic nitrogens is 1. The maximum atomic E-state index is 11.0. The van der Waals surface area contributed by atoms with Crippen molar-refractivity contribution in [3.05, 3.63) is 24.0 Å². The third-order valence-corrected chi connectivity index (χ3v) is 1.72. The Kier molecular flexibility index (Phi) is 3.52. The van der Waals surface area contributed by atoms with Gasteiger partial charge in [-0.3, -0.25) is 4.79 Å². The zero-order valence-corrected chi connectivity index (χ0v) is 8.00. The van der Waals surface area contributed by atoms with Crippen molar-refractivity contribution in [1.82, 2.24) is 15.2 Å². The first-order valence-corrected chi connectivity index (χ1v) is 4.24. The number of nitrogens with one attached hydrogen (secondary N) is 2. The predicted octanol–water partition coefficient (Wildman–Crippen LogP) is -0.139. The van der Waals surface area contributed by atoms with E-state index in [-0.39, 0.29) is 5.91 Å². The van der Waals surface area contributed by atoms with Crippen molar-refractivity contribution in [3.8, 4) is 0 Å². The molecule has 0 atom stereocenters. The lowest BCUT2D eigenvalue weighted by molar-refractivity contribution is -0.120. The molecule has 0 aromatic carbocycles. The van der Waals surface area contributed by atoms with Gasteiger partial charge in [-0.25, -0.2) is 0 Å². The molecule has 2 N–H and O–H groups in total. The van der Waals surface area contributed by atoms with Gasteiger partial charge in [-0.2, -0.15) is 0 Å². The van der Waals surface area contributed by atoms with E-state index in [1.54, 1.807) is 7.05 Å². The van der Waals surface area contributed by atoms with Gasteiger partial charge in [-0.05, 0) is 18.7 Å². The largest absolute Gasteiger partial charge is 0.357 e. The van der Waals surface area contributed by atoms with Crippen LogP contribution >= 0.6 is 0 Å². The third-order valence-electron chi connectivity index (χ3n) is 1.72. The second-order valence-electron chi connectivity index (χ2n) is 2.99. The molecule has 0 radical (unpaired) electrons. The van der Waals surface area contributed by atoms with Crippen LogP contribution in [0, 0.1) is 0 Å². The number of carbonyl (C=O) groups excluding carboxylic acids is 1. The van der Waals surface area contributed by atoms with Crippen molar-refractivity contribution in [2.45, 2.75) is 6.54 Å². The Morgan fingerprint density at radius 3 is 2.92 bits per heavy atom. The van der Waals surface area contributed by atoms with E-state index in [0.717, 1.165) is 5.56 Å². The average Bonchev–Trinajstić information content (AvgIpc) is 2.49. The Bertz CT molecular complexity index is 280. The van der Waals surface area contributed by atoms with Crippen LogP contribution in [0.3, 0.4) is 0 Å². The number of carbonyl (C=O) groups is 1. The fraction of sp³-hybridized carbons (Fsp3) is 0.444. The van der Waals surface area contributed by atoms with E-state index >= 15 is 0 Å². The van der Waals surface area contributed by atoms with Crippen molar-refractivity contribution in [2.24, 2.45) is 7.05 Å². The molecule has 13 heavy (non-hydrogen) atoms. The monoisotopic (exact) mass is 181 g/mol. The zero-order valence-electron chi connectivity index (χ0n) is 8.00. The summed E-state index contributed by atoms with van der Waals surface area (Å²) in [5.41, 5.74) is 1.12. The van der Waals surface area contributed by atoms with E-state index in [1.165, 1.54) is 0 Å². The molecule has 0 fully saturated rings. The summed E-state index contributed by atoms with van der Waals surface area (Å²) in [6, 6.07) is 1.99. The lowest BCUT2D eigenvalue weighted by Gasteiger charge is -2.02. The molecule has 1 heterocycles. The van der Waals surface area contributed by atoms with Crippen LogP contribution in [0.1, 0.15) is 5.56 Å². The van der Waals surface area contributed by atoms with Crippen LogP contribution in [0.5, 0.6) is 0 Å². The van der Waals surface area contributed by atoms with Crippen LogP contribution in [0.15, 0.2) is 18.5 Å². The predicted molar refractivity (Wildman–Crippen MR) is 51.2 cm³/mol. The van der Waals surface area contributed by atoms with Crippen LogP contribution in [-0.2, 0) is 18.4 Å². The Labute approximate surface area is 77.9 Å². The Hall–Kier alpha value is -1.29. The molecule has 0 saturated heterocycles. The number of amides is 1. The molecule has 4 nitrogen and oxygen atoms in total. The lowest BCUT2D eigenvalue weighted by Crippen LogP contribution is -2.31. The van der Waals surface area contributed by atoms with Crippen molar-refractivity contribution >= 4 is 5.91 Å². The summed E-state index contributed by atoms with van der Waals surface area (Å²) in [5.74, 6) is 0.0198. The molecule has 1 aromatic rings. The quantitative estimate of drug-likeness (QED) is 0.679. The van der Waals surface area contributed by atoms with E-state index in [9.17, 15) is 4.79 Å². The normalized spacial score (nSPS) is 10.0. The Morgan fingerprint density at radius 1 is 1.62 bits per heavy atom. The average molecular weight is 181 g/mol. The van der Waals surface area contributed by atoms with Crippen LogP contribution in [-0.4, -0.2) is 24.1 Å². The van der Waals surface area contributed by atoms with Gasteiger partial charge < -0.3 is 15.2 Å². The van der Waals surface area contributed by atoms with Crippen molar-refractivity contribution < 1.29 is 4.79 Å². The fourth-order valence-electron chi connectivity index (χ4n) is 1.09. The van der Waals surface area contributed by atoms with Crippen LogP contribution in [0.25, 0.3) is 0 Å². The first-order valence-electron chi connectivity index (χ1n) is 4.24. The van der Waals surface area contributed by atoms with E-state index in [1.807, 2.05) is 30.1 Å². The van der Waals surface area contributed by atoms with Gasteiger partial charge in [0.15, 0.2) is 0 Å². The smallest absolute Gasteiger partial charge is 0.234 e. The van der Waals surface area contributed by atoms with Crippen molar-refractivity contribution in [2.75, 3.05) is 13.6 Å². The molecule has 1 aromatic heterocycles. The highest BCUT2D eigenvalue weighted by atomic mass is 16.1. The van der Waals surface area contributed by atoms with Crippen molar-refractivity contribution in [3.63, 3.8) is 0 Å². The van der Waals surface area contributed by atoms with Gasteiger partial charge in [0.1, 0.15) is 0 Å². The molecule has 72 valence electrons. The number of nitrogens with zero attached hydrogens (tertiary/aromatic N) is 1. The number of hydrogen-bond acceptors (Lipinski definition) is 2. The molecular formula is C9H15N3O. The number of rotatable bonds is 4. The minimum atomic E-state index is 0.0198. The van der Waals surface area contributed by atoms with E-state index in [0.29, 0.717) is 13.1 Å². The molecule has 0 unspecified atom stereocenters. The summed E-state index contributed by atoms with van der Waals surface area (Å²) in [4.78, 5) is 11.0. The molecule has 4 heteroatoms. The summed E-state index contributed by atoms with van der Waals surface area (Å²) >= 11 is 0. The standard InChI is InChI=1S/C9H15N3O/c1-10-6-9(13)11-5-8-3-4-12(2)7-8/h3-4,7,10H,5-6H2,1-2H3,(H,11,13). The second kappa shape index (κ2) is 4.67. The molecule has 1 amide bonds. The topological polar surface area (TPSA) is 46.1 Å². The first-order chi connectivity index (χ1) is 6.22. The second-order valence-corrected chi connectivity index (χ2v) is 2.99. The molecule has 0 bridgehead atoms. The van der Waals surface area contributed by atoms with Crippen LogP contribution in [0.2, 0.25) is 0 Å². The van der Waals surface area contributed by atoms with E-state index in [4.69, 9.17) is 0 Å². The Morgan fingerprint density at radius 2 is 2.38 bits per heavy atom. The molecule has 0 aliphatic carbocycles. The highest BCUT2D eigenvalue weighted by molar-refractivity contribution is 5.77. The maximum absolute atomic E-state index is 11.0. The molecular weight excluding hydrogens is 166 g/mol. The van der Waals surface area contributed by atoms with Gasteiger partial charge >= 0.3 is 0 Å². The summed E-state index contributed by atoms with van der Waals surface area (Å²) in [7, 11) is 3.71. The van der Waals surface area contributed by atoms with Gasteiger partial charge in [0.05, 0.1) is 6.54 Å². The van der Waals surface area contributed by atoms with E-state index in [2.05, 4.69) is 10.6 Å². The third kappa shape index (κ3) is 3.29. The summed E-state index contributed by atoms with van der Waals surface area (Å²) in [5, 5.41) is 5.59. The van der Waals surface area contributed by atoms with Gasteiger partial charge in [0.2, 0.25) is 5.91 Å². The number of likely N-dealkylation sites (N-methyl/N-ethyl adjacent to an activating group) is 1. The Balaban J connectivity index is 2.30. The van der Waals surface area contributed by atoms with Gasteiger partial charge in [-0.15, -0.1) is 0 Å². The lowest BCUT2D eigenvalue weighted by atomic mass is 10.3.